The van der Waals surface area contributed by atoms with E-state index >= 15 is 0 Å². The van der Waals surface area contributed by atoms with Crippen LogP contribution < -0.4 is 5.32 Å². The number of nitriles is 1. The smallest absolute Gasteiger partial charge is 0.322 e. The van der Waals surface area contributed by atoms with E-state index in [1.807, 2.05) is 6.07 Å². The molecule has 0 radical (unpaired) electrons. The summed E-state index contributed by atoms with van der Waals surface area (Å²) in [7, 11) is -5.77. The Bertz CT molecular complexity index is 917. The number of carbonyl (C=O) groups excluding carboxylic acids is 1. The van der Waals surface area contributed by atoms with Gasteiger partial charge in [0.15, 0.2) is 5.03 Å². The summed E-state index contributed by atoms with van der Waals surface area (Å²) in [6.07, 6.45) is 0.844. The molecule has 0 saturated carbocycles. The van der Waals surface area contributed by atoms with Gasteiger partial charge in [0, 0.05) is 11.9 Å². The third kappa shape index (κ3) is 3.36. The first-order valence-electron chi connectivity index (χ1n) is 6.24. The quantitative estimate of drug-likeness (QED) is 0.912. The van der Waals surface area contributed by atoms with E-state index in [0.717, 1.165) is 18.3 Å². The van der Waals surface area contributed by atoms with Crippen LogP contribution >= 0.6 is 0 Å². The third-order valence-electron chi connectivity index (χ3n) is 2.85. The Morgan fingerprint density at radius 2 is 1.79 bits per heavy atom. The molecule has 0 bridgehead atoms. The van der Waals surface area contributed by atoms with Gasteiger partial charge >= 0.3 is 5.51 Å². The maximum absolute atomic E-state index is 12.7. The highest BCUT2D eigenvalue weighted by atomic mass is 32.2. The van der Waals surface area contributed by atoms with E-state index in [1.54, 1.807) is 0 Å². The molecule has 0 aliphatic rings. The number of nitrogens with zero attached hydrogens (tertiary/aromatic N) is 2. The molecule has 2 rings (SSSR count). The Morgan fingerprint density at radius 3 is 2.33 bits per heavy atom. The summed E-state index contributed by atoms with van der Waals surface area (Å²) in [5.74, 6) is -1.07. The van der Waals surface area contributed by atoms with Crippen LogP contribution in [0.2, 0.25) is 0 Å². The Balaban J connectivity index is 2.39. The number of anilines is 1. The van der Waals surface area contributed by atoms with Crippen LogP contribution in [-0.2, 0) is 9.84 Å². The fourth-order valence-corrected chi connectivity index (χ4v) is 2.58. The van der Waals surface area contributed by atoms with Crippen LogP contribution in [0.5, 0.6) is 0 Å². The highest BCUT2D eigenvalue weighted by molar-refractivity contribution is 7.92. The van der Waals surface area contributed by atoms with Crippen LogP contribution in [0.1, 0.15) is 15.9 Å². The molecule has 0 atom stereocenters. The summed E-state index contributed by atoms with van der Waals surface area (Å²) in [6, 6.07) is 9.39. The summed E-state index contributed by atoms with van der Waals surface area (Å²) in [4.78, 5) is 15.3. The largest absolute Gasteiger partial charge is 0.503 e. The van der Waals surface area contributed by atoms with Crippen LogP contribution in [0.3, 0.4) is 0 Å². The highest BCUT2D eigenvalue weighted by Gasteiger charge is 2.49. The van der Waals surface area contributed by atoms with Crippen molar-refractivity contribution in [2.75, 3.05) is 5.32 Å². The Hall–Kier alpha value is -2.93. The van der Waals surface area contributed by atoms with Crippen molar-refractivity contribution in [2.24, 2.45) is 0 Å². The number of nitrogens with one attached hydrogen (secondary N) is 1. The maximum atomic E-state index is 12.7. The second kappa shape index (κ2) is 6.29. The molecule has 24 heavy (non-hydrogen) atoms. The second-order valence-electron chi connectivity index (χ2n) is 4.45. The van der Waals surface area contributed by atoms with Crippen molar-refractivity contribution in [2.45, 2.75) is 10.5 Å². The molecule has 10 heteroatoms. The predicted octanol–water partition coefficient (Wildman–Crippen LogP) is 2.50. The third-order valence-corrected chi connectivity index (χ3v) is 4.29. The molecule has 6 nitrogen and oxygen atoms in total. The minimum atomic E-state index is -5.77. The number of aromatic nitrogens is 1. The molecular formula is C14H8F3N3O3S. The van der Waals surface area contributed by atoms with Crippen LogP contribution in [0, 0.1) is 11.3 Å². The van der Waals surface area contributed by atoms with Gasteiger partial charge in [0.1, 0.15) is 0 Å². The average Bonchev–Trinajstić information content (AvgIpc) is 2.54. The van der Waals surface area contributed by atoms with Gasteiger partial charge in [-0.1, -0.05) is 0 Å². The van der Waals surface area contributed by atoms with Gasteiger partial charge < -0.3 is 5.32 Å². The number of rotatable bonds is 3. The van der Waals surface area contributed by atoms with E-state index in [0.29, 0.717) is 5.56 Å². The lowest BCUT2D eigenvalue weighted by Crippen LogP contribution is -2.27. The molecule has 0 fully saturated rings. The molecule has 1 heterocycles. The standard InChI is InChI=1S/C14H8F3N3O3S/c15-14(16,17)24(22,23)13-11(2-1-7-19-13)12(21)20-10-5-3-9(8-18)4-6-10/h1-7H,(H,20,21). The molecule has 124 valence electrons. The zero-order valence-electron chi connectivity index (χ0n) is 11.7. The molecule has 1 aromatic heterocycles. The first kappa shape index (κ1) is 17.4. The van der Waals surface area contributed by atoms with E-state index in [1.165, 1.54) is 24.3 Å². The number of halogens is 3. The van der Waals surface area contributed by atoms with Gasteiger partial charge in [-0.05, 0) is 36.4 Å². The molecular weight excluding hydrogens is 347 g/mol. The van der Waals surface area contributed by atoms with Gasteiger partial charge in [0.25, 0.3) is 15.7 Å². The average molecular weight is 355 g/mol. The normalized spacial score (nSPS) is 11.6. The lowest BCUT2D eigenvalue weighted by molar-refractivity contribution is -0.0438. The lowest BCUT2D eigenvalue weighted by atomic mass is 10.2. The van der Waals surface area contributed by atoms with E-state index in [4.69, 9.17) is 5.26 Å². The molecule has 1 amide bonds. The van der Waals surface area contributed by atoms with E-state index in [2.05, 4.69) is 10.3 Å². The van der Waals surface area contributed by atoms with Crippen molar-refractivity contribution in [3.8, 4) is 6.07 Å². The molecule has 1 N–H and O–H groups in total. The monoisotopic (exact) mass is 355 g/mol. The highest BCUT2D eigenvalue weighted by Crippen LogP contribution is 2.31. The molecule has 0 aliphatic heterocycles. The van der Waals surface area contributed by atoms with Crippen molar-refractivity contribution in [3.63, 3.8) is 0 Å². The fraction of sp³-hybridized carbons (Fsp3) is 0.0714. The number of pyridine rings is 1. The number of carbonyl (C=O) groups is 1. The first-order valence-corrected chi connectivity index (χ1v) is 7.73. The minimum absolute atomic E-state index is 0.179. The summed E-state index contributed by atoms with van der Waals surface area (Å²) in [5, 5.41) is 9.55. The van der Waals surface area contributed by atoms with Crippen molar-refractivity contribution in [3.05, 3.63) is 53.7 Å². The van der Waals surface area contributed by atoms with Crippen molar-refractivity contribution in [1.82, 2.24) is 4.98 Å². The molecule has 0 saturated heterocycles. The summed E-state index contributed by atoms with van der Waals surface area (Å²) in [6.45, 7) is 0. The van der Waals surface area contributed by atoms with Gasteiger partial charge in [-0.15, -0.1) is 0 Å². The number of sulfone groups is 1. The number of alkyl halides is 3. The Morgan fingerprint density at radius 1 is 1.17 bits per heavy atom. The number of benzene rings is 1. The van der Waals surface area contributed by atoms with Crippen molar-refractivity contribution < 1.29 is 26.4 Å². The van der Waals surface area contributed by atoms with Gasteiger partial charge in [0.05, 0.1) is 17.2 Å². The Labute approximate surface area is 134 Å². The van der Waals surface area contributed by atoms with Gasteiger partial charge in [-0.3, -0.25) is 4.79 Å². The summed E-state index contributed by atoms with van der Waals surface area (Å²) in [5.41, 5.74) is -5.82. The fourth-order valence-electron chi connectivity index (χ4n) is 1.71. The van der Waals surface area contributed by atoms with Crippen LogP contribution in [-0.4, -0.2) is 24.8 Å². The topological polar surface area (TPSA) is 99.9 Å². The van der Waals surface area contributed by atoms with E-state index < -0.39 is 31.8 Å². The van der Waals surface area contributed by atoms with Crippen LogP contribution in [0.4, 0.5) is 18.9 Å². The number of hydrogen-bond donors (Lipinski definition) is 1. The first-order chi connectivity index (χ1) is 11.2. The zero-order chi connectivity index (χ0) is 18.0. The molecule has 0 spiro atoms. The van der Waals surface area contributed by atoms with Crippen LogP contribution in [0.25, 0.3) is 0 Å². The van der Waals surface area contributed by atoms with Gasteiger partial charge in [-0.25, -0.2) is 13.4 Å². The second-order valence-corrected chi connectivity index (χ2v) is 6.31. The zero-order valence-corrected chi connectivity index (χ0v) is 12.5. The maximum Gasteiger partial charge on any atom is 0.503 e. The number of hydrogen-bond acceptors (Lipinski definition) is 5. The van der Waals surface area contributed by atoms with Crippen molar-refractivity contribution in [1.29, 1.82) is 5.26 Å². The summed E-state index contributed by atoms with van der Waals surface area (Å²) < 4.78 is 61.1. The number of amides is 1. The SMILES string of the molecule is N#Cc1ccc(NC(=O)c2cccnc2S(=O)(=O)C(F)(F)F)cc1. The van der Waals surface area contributed by atoms with E-state index in [-0.39, 0.29) is 5.69 Å². The predicted molar refractivity (Wildman–Crippen MR) is 76.6 cm³/mol. The lowest BCUT2D eigenvalue weighted by Gasteiger charge is -2.11. The van der Waals surface area contributed by atoms with Crippen molar-refractivity contribution >= 4 is 21.4 Å². The summed E-state index contributed by atoms with van der Waals surface area (Å²) >= 11 is 0. The Kier molecular flexibility index (Phi) is 4.57. The van der Waals surface area contributed by atoms with Crippen LogP contribution in [0.15, 0.2) is 47.6 Å². The minimum Gasteiger partial charge on any atom is -0.322 e. The molecule has 1 aromatic carbocycles. The van der Waals surface area contributed by atoms with Gasteiger partial charge in [-0.2, -0.15) is 18.4 Å². The van der Waals surface area contributed by atoms with Gasteiger partial charge in [0.2, 0.25) is 0 Å². The molecule has 0 aliphatic carbocycles. The molecule has 2 aromatic rings. The molecule has 0 unspecified atom stereocenters. The van der Waals surface area contributed by atoms with E-state index in [9.17, 15) is 26.4 Å².